The van der Waals surface area contributed by atoms with Gasteiger partial charge >= 0.3 is 5.97 Å². The molecule has 1 aromatic carbocycles. The molecule has 1 unspecified atom stereocenters. The van der Waals surface area contributed by atoms with Gasteiger partial charge in [0.25, 0.3) is 0 Å². The van der Waals surface area contributed by atoms with E-state index in [2.05, 4.69) is 0 Å². The number of carboxylic acids is 1. The van der Waals surface area contributed by atoms with Crippen LogP contribution in [0.5, 0.6) is 0 Å². The fourth-order valence-corrected chi connectivity index (χ4v) is 3.79. The molecule has 1 fully saturated rings. The van der Waals surface area contributed by atoms with E-state index < -0.39 is 16.0 Å². The molecule has 3 N–H and O–H groups in total. The number of rotatable bonds is 3. The van der Waals surface area contributed by atoms with E-state index in [-0.39, 0.29) is 41.9 Å². The molecule has 0 saturated carbocycles. The standard InChI is InChI=1S/C12H16N2O5S/c1-8-7-14(4-5-19-8)20(17,18)11-6-9(13)2-3-10(11)12(15)16/h2-3,6,8H,4-5,7,13H2,1H3,(H,15,16). The SMILES string of the molecule is CC1CN(S(=O)(=O)c2cc(N)ccc2C(=O)O)CCO1. The number of ether oxygens (including phenoxy) is 1. The van der Waals surface area contributed by atoms with Crippen molar-refractivity contribution < 1.29 is 23.1 Å². The number of sulfonamides is 1. The predicted octanol–water partition coefficient (Wildman–Crippen LogP) is 0.376. The Kier molecular flexibility index (Phi) is 3.98. The lowest BCUT2D eigenvalue weighted by Gasteiger charge is -2.30. The summed E-state index contributed by atoms with van der Waals surface area (Å²) < 4.78 is 31.6. The van der Waals surface area contributed by atoms with Crippen molar-refractivity contribution in [3.63, 3.8) is 0 Å². The van der Waals surface area contributed by atoms with Crippen LogP contribution in [-0.2, 0) is 14.8 Å². The third kappa shape index (κ3) is 2.77. The molecule has 0 spiro atoms. The van der Waals surface area contributed by atoms with Gasteiger partial charge in [-0.05, 0) is 25.1 Å². The first kappa shape index (κ1) is 14.8. The predicted molar refractivity (Wildman–Crippen MR) is 72.0 cm³/mol. The molecule has 7 nitrogen and oxygen atoms in total. The zero-order valence-electron chi connectivity index (χ0n) is 10.9. The largest absolute Gasteiger partial charge is 0.478 e. The summed E-state index contributed by atoms with van der Waals surface area (Å²) in [7, 11) is -3.90. The van der Waals surface area contributed by atoms with Crippen molar-refractivity contribution in [2.45, 2.75) is 17.9 Å². The number of hydrogen-bond acceptors (Lipinski definition) is 5. The molecule has 1 saturated heterocycles. The smallest absolute Gasteiger partial charge is 0.337 e. The van der Waals surface area contributed by atoms with E-state index in [0.717, 1.165) is 0 Å². The summed E-state index contributed by atoms with van der Waals surface area (Å²) in [6.45, 7) is 2.43. The lowest BCUT2D eigenvalue weighted by Crippen LogP contribution is -2.44. The number of nitrogens with two attached hydrogens (primary N) is 1. The van der Waals surface area contributed by atoms with Crippen molar-refractivity contribution in [3.05, 3.63) is 23.8 Å². The summed E-state index contributed by atoms with van der Waals surface area (Å²) >= 11 is 0. The Bertz CT molecular complexity index is 629. The third-order valence-corrected chi connectivity index (χ3v) is 4.96. The van der Waals surface area contributed by atoms with Crippen LogP contribution >= 0.6 is 0 Å². The second-order valence-electron chi connectivity index (χ2n) is 4.61. The van der Waals surface area contributed by atoms with Crippen molar-refractivity contribution in [3.8, 4) is 0 Å². The number of benzene rings is 1. The summed E-state index contributed by atoms with van der Waals surface area (Å²) in [5.74, 6) is -1.30. The monoisotopic (exact) mass is 300 g/mol. The van der Waals surface area contributed by atoms with Crippen molar-refractivity contribution in [2.24, 2.45) is 0 Å². The Hall–Kier alpha value is -1.64. The molecule has 1 aromatic rings. The molecular formula is C12H16N2O5S. The number of anilines is 1. The normalized spacial score (nSPS) is 20.8. The van der Waals surface area contributed by atoms with E-state index in [1.54, 1.807) is 6.92 Å². The summed E-state index contributed by atoms with van der Waals surface area (Å²) in [5, 5.41) is 9.12. The minimum atomic E-state index is -3.90. The first-order valence-corrected chi connectivity index (χ1v) is 7.51. The van der Waals surface area contributed by atoms with Gasteiger partial charge in [-0.3, -0.25) is 0 Å². The van der Waals surface area contributed by atoms with Gasteiger partial charge in [0, 0.05) is 18.8 Å². The van der Waals surface area contributed by atoms with Gasteiger partial charge in [-0.1, -0.05) is 0 Å². The molecule has 0 aromatic heterocycles. The average molecular weight is 300 g/mol. The average Bonchev–Trinajstić information content (AvgIpc) is 2.38. The number of hydrogen-bond donors (Lipinski definition) is 2. The molecular weight excluding hydrogens is 284 g/mol. The highest BCUT2D eigenvalue weighted by molar-refractivity contribution is 7.89. The molecule has 8 heteroatoms. The molecule has 1 aliphatic heterocycles. The van der Waals surface area contributed by atoms with Gasteiger partial charge in [0.1, 0.15) is 0 Å². The zero-order valence-corrected chi connectivity index (χ0v) is 11.8. The Morgan fingerprint density at radius 2 is 2.20 bits per heavy atom. The molecule has 0 radical (unpaired) electrons. The van der Waals surface area contributed by atoms with E-state index in [1.807, 2.05) is 0 Å². The summed E-state index contributed by atoms with van der Waals surface area (Å²) in [5.41, 5.74) is 5.50. The molecule has 0 amide bonds. The number of nitrogens with zero attached hydrogens (tertiary/aromatic N) is 1. The Labute approximate surface area is 117 Å². The highest BCUT2D eigenvalue weighted by Gasteiger charge is 2.32. The maximum atomic E-state index is 12.6. The van der Waals surface area contributed by atoms with E-state index in [4.69, 9.17) is 15.6 Å². The second kappa shape index (κ2) is 5.39. The zero-order chi connectivity index (χ0) is 14.9. The van der Waals surface area contributed by atoms with Gasteiger partial charge in [0.2, 0.25) is 10.0 Å². The van der Waals surface area contributed by atoms with Crippen molar-refractivity contribution >= 4 is 21.7 Å². The first-order valence-electron chi connectivity index (χ1n) is 6.07. The molecule has 0 bridgehead atoms. The molecule has 110 valence electrons. The van der Waals surface area contributed by atoms with Crippen LogP contribution in [0.25, 0.3) is 0 Å². The molecule has 0 aliphatic carbocycles. The minimum absolute atomic E-state index is 0.191. The maximum absolute atomic E-state index is 12.6. The van der Waals surface area contributed by atoms with Crippen LogP contribution in [0.3, 0.4) is 0 Å². The Morgan fingerprint density at radius 1 is 1.50 bits per heavy atom. The maximum Gasteiger partial charge on any atom is 0.337 e. The fraction of sp³-hybridized carbons (Fsp3) is 0.417. The van der Waals surface area contributed by atoms with Crippen LogP contribution in [0, 0.1) is 0 Å². The third-order valence-electron chi connectivity index (χ3n) is 3.06. The van der Waals surface area contributed by atoms with Gasteiger partial charge in [0.15, 0.2) is 0 Å². The topological polar surface area (TPSA) is 110 Å². The summed E-state index contributed by atoms with van der Waals surface area (Å²) in [6, 6.07) is 3.75. The molecule has 20 heavy (non-hydrogen) atoms. The van der Waals surface area contributed by atoms with Gasteiger partial charge in [-0.25, -0.2) is 13.2 Å². The first-order chi connectivity index (χ1) is 9.32. The van der Waals surface area contributed by atoms with E-state index >= 15 is 0 Å². The molecule has 2 rings (SSSR count). The van der Waals surface area contributed by atoms with E-state index in [9.17, 15) is 13.2 Å². The minimum Gasteiger partial charge on any atom is -0.478 e. The number of aromatic carboxylic acids is 1. The highest BCUT2D eigenvalue weighted by atomic mass is 32.2. The van der Waals surface area contributed by atoms with Crippen molar-refractivity contribution in [1.29, 1.82) is 0 Å². The van der Waals surface area contributed by atoms with Crippen LogP contribution in [0.15, 0.2) is 23.1 Å². The number of carbonyl (C=O) groups is 1. The fourth-order valence-electron chi connectivity index (χ4n) is 2.07. The summed E-state index contributed by atoms with van der Waals surface area (Å²) in [4.78, 5) is 10.9. The Morgan fingerprint density at radius 3 is 2.80 bits per heavy atom. The van der Waals surface area contributed by atoms with Gasteiger partial charge in [-0.15, -0.1) is 0 Å². The van der Waals surface area contributed by atoms with Crippen LogP contribution in [-0.4, -0.2) is 49.6 Å². The van der Waals surface area contributed by atoms with Crippen LogP contribution in [0.2, 0.25) is 0 Å². The number of morpholine rings is 1. The van der Waals surface area contributed by atoms with Crippen LogP contribution < -0.4 is 5.73 Å². The number of carboxylic acid groups (broad SMARTS) is 1. The highest BCUT2D eigenvalue weighted by Crippen LogP contribution is 2.24. The summed E-state index contributed by atoms with van der Waals surface area (Å²) in [6.07, 6.45) is -0.229. The second-order valence-corrected chi connectivity index (χ2v) is 6.51. The Balaban J connectivity index is 2.48. The lowest BCUT2D eigenvalue weighted by atomic mass is 10.2. The lowest BCUT2D eigenvalue weighted by molar-refractivity contribution is 0.0101. The van der Waals surface area contributed by atoms with Crippen LogP contribution in [0.1, 0.15) is 17.3 Å². The van der Waals surface area contributed by atoms with Gasteiger partial charge in [0.05, 0.1) is 23.2 Å². The van der Waals surface area contributed by atoms with Gasteiger partial charge < -0.3 is 15.6 Å². The molecule has 1 heterocycles. The van der Waals surface area contributed by atoms with Gasteiger partial charge in [-0.2, -0.15) is 4.31 Å². The molecule has 1 atom stereocenters. The quantitative estimate of drug-likeness (QED) is 0.781. The van der Waals surface area contributed by atoms with Crippen molar-refractivity contribution in [1.82, 2.24) is 4.31 Å². The van der Waals surface area contributed by atoms with Crippen LogP contribution in [0.4, 0.5) is 5.69 Å². The molecule has 1 aliphatic rings. The van der Waals surface area contributed by atoms with E-state index in [1.165, 1.54) is 22.5 Å². The van der Waals surface area contributed by atoms with E-state index in [0.29, 0.717) is 0 Å². The van der Waals surface area contributed by atoms with Crippen molar-refractivity contribution in [2.75, 3.05) is 25.4 Å². The number of nitrogen functional groups attached to an aromatic ring is 1.